The minimum absolute atomic E-state index is 0.0208. The highest BCUT2D eigenvalue weighted by molar-refractivity contribution is 5.90. The second-order valence-corrected chi connectivity index (χ2v) is 7.27. The van der Waals surface area contributed by atoms with Gasteiger partial charge in [0.15, 0.2) is 0 Å². The molecule has 0 bridgehead atoms. The molecule has 1 aliphatic heterocycles. The first kappa shape index (κ1) is 19.5. The Morgan fingerprint density at radius 3 is 2.56 bits per heavy atom. The SMILES string of the molecule is CC1CN(c2ccc(NC(=O)NC(C)(C)CCO)cc2F)CC(C)O1. The monoisotopic (exact) mass is 353 g/mol. The molecule has 1 aliphatic rings. The zero-order valence-corrected chi connectivity index (χ0v) is 15.3. The van der Waals surface area contributed by atoms with Crippen molar-refractivity contribution in [2.45, 2.75) is 51.9 Å². The van der Waals surface area contributed by atoms with Gasteiger partial charge in [0, 0.05) is 30.9 Å². The fourth-order valence-electron chi connectivity index (χ4n) is 3.03. The summed E-state index contributed by atoms with van der Waals surface area (Å²) in [5.74, 6) is -0.381. The molecule has 1 heterocycles. The van der Waals surface area contributed by atoms with Gasteiger partial charge in [-0.3, -0.25) is 0 Å². The van der Waals surface area contributed by atoms with Crippen LogP contribution in [0.1, 0.15) is 34.1 Å². The van der Waals surface area contributed by atoms with Crippen LogP contribution < -0.4 is 15.5 Å². The van der Waals surface area contributed by atoms with E-state index in [1.54, 1.807) is 12.1 Å². The number of urea groups is 1. The third kappa shape index (κ3) is 5.57. The van der Waals surface area contributed by atoms with Crippen molar-refractivity contribution in [3.63, 3.8) is 0 Å². The van der Waals surface area contributed by atoms with Crippen LogP contribution in [0.4, 0.5) is 20.6 Å². The summed E-state index contributed by atoms with van der Waals surface area (Å²) in [6.07, 6.45) is 0.516. The van der Waals surface area contributed by atoms with Crippen LogP contribution in [0.25, 0.3) is 0 Å². The molecule has 1 saturated heterocycles. The van der Waals surface area contributed by atoms with E-state index in [2.05, 4.69) is 10.6 Å². The maximum absolute atomic E-state index is 14.5. The number of aliphatic hydroxyl groups is 1. The third-order valence-corrected chi connectivity index (χ3v) is 4.15. The van der Waals surface area contributed by atoms with E-state index in [4.69, 9.17) is 9.84 Å². The summed E-state index contributed by atoms with van der Waals surface area (Å²) in [7, 11) is 0. The van der Waals surface area contributed by atoms with Crippen LogP contribution in [-0.4, -0.2) is 48.6 Å². The van der Waals surface area contributed by atoms with Gasteiger partial charge in [-0.2, -0.15) is 0 Å². The van der Waals surface area contributed by atoms with E-state index < -0.39 is 11.6 Å². The number of nitrogens with one attached hydrogen (secondary N) is 2. The number of halogens is 1. The molecule has 6 nitrogen and oxygen atoms in total. The van der Waals surface area contributed by atoms with Gasteiger partial charge in [-0.05, 0) is 52.3 Å². The van der Waals surface area contributed by atoms with Crippen LogP contribution in [0, 0.1) is 5.82 Å². The summed E-state index contributed by atoms with van der Waals surface area (Å²) in [6, 6.07) is 4.24. The number of ether oxygens (including phenoxy) is 1. The number of hydrogen-bond donors (Lipinski definition) is 3. The standard InChI is InChI=1S/C18H28FN3O3/c1-12-10-22(11-13(2)25-12)16-6-5-14(9-15(16)19)20-17(24)21-18(3,4)7-8-23/h5-6,9,12-13,23H,7-8,10-11H2,1-4H3,(H2,20,21,24). The first-order chi connectivity index (χ1) is 11.7. The lowest BCUT2D eigenvalue weighted by Gasteiger charge is -2.37. The molecule has 0 aromatic heterocycles. The second kappa shape index (κ2) is 8.01. The summed E-state index contributed by atoms with van der Waals surface area (Å²) in [5.41, 5.74) is 0.346. The van der Waals surface area contributed by atoms with Crippen molar-refractivity contribution in [2.24, 2.45) is 0 Å². The molecule has 0 spiro atoms. The number of anilines is 2. The van der Waals surface area contributed by atoms with Crippen molar-refractivity contribution in [1.82, 2.24) is 5.32 Å². The maximum atomic E-state index is 14.5. The zero-order chi connectivity index (χ0) is 18.6. The molecule has 7 heteroatoms. The maximum Gasteiger partial charge on any atom is 0.319 e. The Morgan fingerprint density at radius 2 is 2.00 bits per heavy atom. The molecular formula is C18H28FN3O3. The van der Waals surface area contributed by atoms with E-state index >= 15 is 0 Å². The van der Waals surface area contributed by atoms with Crippen LogP contribution in [0.3, 0.4) is 0 Å². The number of carbonyl (C=O) groups is 1. The summed E-state index contributed by atoms with van der Waals surface area (Å²) in [5, 5.41) is 14.4. The number of nitrogens with zero attached hydrogens (tertiary/aromatic N) is 1. The van der Waals surface area contributed by atoms with Crippen LogP contribution in [0.5, 0.6) is 0 Å². The molecule has 2 atom stereocenters. The van der Waals surface area contributed by atoms with Gasteiger partial charge < -0.3 is 25.4 Å². The molecule has 3 N–H and O–H groups in total. The topological polar surface area (TPSA) is 73.8 Å². The van der Waals surface area contributed by atoms with Crippen LogP contribution in [0.2, 0.25) is 0 Å². The molecule has 2 rings (SSSR count). The average Bonchev–Trinajstić information content (AvgIpc) is 2.45. The normalized spacial score (nSPS) is 21.1. The highest BCUT2D eigenvalue weighted by Crippen LogP contribution is 2.26. The zero-order valence-electron chi connectivity index (χ0n) is 15.3. The predicted molar refractivity (Wildman–Crippen MR) is 96.6 cm³/mol. The highest BCUT2D eigenvalue weighted by atomic mass is 19.1. The van der Waals surface area contributed by atoms with Gasteiger partial charge in [0.1, 0.15) is 5.82 Å². The fraction of sp³-hybridized carbons (Fsp3) is 0.611. The minimum atomic E-state index is -0.544. The molecule has 0 saturated carbocycles. The van der Waals surface area contributed by atoms with E-state index in [1.807, 2.05) is 32.6 Å². The molecule has 25 heavy (non-hydrogen) atoms. The molecular weight excluding hydrogens is 325 g/mol. The summed E-state index contributed by atoms with van der Waals surface area (Å²) in [6.45, 7) is 8.80. The largest absolute Gasteiger partial charge is 0.396 e. The molecule has 140 valence electrons. The van der Waals surface area contributed by atoms with Crippen molar-refractivity contribution in [2.75, 3.05) is 29.9 Å². The number of hydrogen-bond acceptors (Lipinski definition) is 4. The molecule has 1 aromatic rings. The Balaban J connectivity index is 2.03. The first-order valence-corrected chi connectivity index (χ1v) is 8.60. The van der Waals surface area contributed by atoms with Crippen LogP contribution in [0.15, 0.2) is 18.2 Å². The Morgan fingerprint density at radius 1 is 1.36 bits per heavy atom. The minimum Gasteiger partial charge on any atom is -0.396 e. The van der Waals surface area contributed by atoms with Gasteiger partial charge in [0.05, 0.1) is 17.9 Å². The molecule has 2 amide bonds. The van der Waals surface area contributed by atoms with Crippen LogP contribution in [-0.2, 0) is 4.74 Å². The first-order valence-electron chi connectivity index (χ1n) is 8.60. The van der Waals surface area contributed by atoms with Crippen molar-refractivity contribution < 1.29 is 19.0 Å². The number of aliphatic hydroxyl groups excluding tert-OH is 1. The van der Waals surface area contributed by atoms with Gasteiger partial charge in [0.2, 0.25) is 0 Å². The van der Waals surface area contributed by atoms with E-state index in [-0.39, 0.29) is 24.6 Å². The molecule has 2 unspecified atom stereocenters. The number of rotatable bonds is 5. The average molecular weight is 353 g/mol. The van der Waals surface area contributed by atoms with E-state index in [9.17, 15) is 9.18 Å². The van der Waals surface area contributed by atoms with E-state index in [0.29, 0.717) is 30.9 Å². The Hall–Kier alpha value is -1.86. The van der Waals surface area contributed by atoms with Gasteiger partial charge in [0.25, 0.3) is 0 Å². The summed E-state index contributed by atoms with van der Waals surface area (Å²) < 4.78 is 20.2. The van der Waals surface area contributed by atoms with E-state index in [1.165, 1.54) is 6.07 Å². The third-order valence-electron chi connectivity index (χ3n) is 4.15. The lowest BCUT2D eigenvalue weighted by atomic mass is 10.0. The smallest absolute Gasteiger partial charge is 0.319 e. The van der Waals surface area contributed by atoms with Crippen LogP contribution >= 0.6 is 0 Å². The molecule has 1 aromatic carbocycles. The van der Waals surface area contributed by atoms with Crippen molar-refractivity contribution in [1.29, 1.82) is 0 Å². The van der Waals surface area contributed by atoms with Gasteiger partial charge in [-0.25, -0.2) is 9.18 Å². The number of carbonyl (C=O) groups excluding carboxylic acids is 1. The number of morpholine rings is 1. The lowest BCUT2D eigenvalue weighted by molar-refractivity contribution is -0.00539. The summed E-state index contributed by atoms with van der Waals surface area (Å²) in [4.78, 5) is 14.0. The van der Waals surface area contributed by atoms with Gasteiger partial charge >= 0.3 is 6.03 Å². The van der Waals surface area contributed by atoms with E-state index in [0.717, 1.165) is 0 Å². The van der Waals surface area contributed by atoms with Crippen molar-refractivity contribution >= 4 is 17.4 Å². The summed E-state index contributed by atoms with van der Waals surface area (Å²) >= 11 is 0. The van der Waals surface area contributed by atoms with Crippen molar-refractivity contribution in [3.05, 3.63) is 24.0 Å². The van der Waals surface area contributed by atoms with Gasteiger partial charge in [-0.1, -0.05) is 0 Å². The Bertz CT molecular complexity index is 599. The predicted octanol–water partition coefficient (Wildman–Crippen LogP) is 2.72. The Labute approximate surface area is 148 Å². The number of benzene rings is 1. The molecule has 0 aliphatic carbocycles. The lowest BCUT2D eigenvalue weighted by Crippen LogP contribution is -2.46. The molecule has 0 radical (unpaired) electrons. The molecule has 1 fully saturated rings. The van der Waals surface area contributed by atoms with Crippen molar-refractivity contribution in [3.8, 4) is 0 Å². The fourth-order valence-corrected chi connectivity index (χ4v) is 3.03. The number of amides is 2. The Kier molecular flexibility index (Phi) is 6.24. The second-order valence-electron chi connectivity index (χ2n) is 7.27. The quantitative estimate of drug-likeness (QED) is 0.761. The highest BCUT2D eigenvalue weighted by Gasteiger charge is 2.24. The van der Waals surface area contributed by atoms with Gasteiger partial charge in [-0.15, -0.1) is 0 Å².